The summed E-state index contributed by atoms with van der Waals surface area (Å²) in [4.78, 5) is 2.39. The highest BCUT2D eigenvalue weighted by molar-refractivity contribution is 7.79. The number of halogens is 1. The summed E-state index contributed by atoms with van der Waals surface area (Å²) in [6.45, 7) is 1.51. The molecule has 3 aromatic carbocycles. The van der Waals surface area contributed by atoms with Gasteiger partial charge in [0.25, 0.3) is 0 Å². The maximum absolute atomic E-state index is 11.6. The topological polar surface area (TPSA) is 40.5 Å². The Labute approximate surface area is 178 Å². The predicted molar refractivity (Wildman–Crippen MR) is 120 cm³/mol. The maximum Gasteiger partial charge on any atom is 0.157 e. The quantitative estimate of drug-likeness (QED) is 0.538. The van der Waals surface area contributed by atoms with Crippen LogP contribution in [0.4, 0.5) is 0 Å². The molecule has 4 rings (SSSR count). The number of nitrogens with zero attached hydrogens (tertiary/aromatic N) is 1. The van der Waals surface area contributed by atoms with Crippen LogP contribution in [0.3, 0.4) is 0 Å². The van der Waals surface area contributed by atoms with Crippen LogP contribution in [0.2, 0.25) is 5.02 Å². The van der Waals surface area contributed by atoms with Gasteiger partial charge in [0.2, 0.25) is 0 Å². The third-order valence-corrected chi connectivity index (χ3v) is 6.02. The average molecular weight is 424 g/mol. The minimum atomic E-state index is -1.90. The summed E-state index contributed by atoms with van der Waals surface area (Å²) < 4.78 is 21.1. The molecule has 1 saturated heterocycles. The first-order chi connectivity index (χ1) is 14.1. The van der Waals surface area contributed by atoms with Crippen molar-refractivity contribution in [2.75, 3.05) is 18.8 Å². The molecule has 1 aliphatic heterocycles. The molecule has 3 aromatic rings. The molecule has 0 amide bonds. The lowest BCUT2D eigenvalue weighted by atomic mass is 9.90. The maximum atomic E-state index is 11.6. The van der Waals surface area contributed by atoms with Gasteiger partial charge >= 0.3 is 0 Å². The van der Waals surface area contributed by atoms with Crippen LogP contribution >= 0.6 is 11.6 Å². The standard InChI is InChI=1S/C24H22ClNO2S/c25-22-13-7-12-20(14-22)23(17-29(27)28)21-15-26(16-21)24(18-8-3-1-4-9-18)19-10-5-2-6-11-19/h1-14,24H,15-17H2,(H,27,28). The van der Waals surface area contributed by atoms with Crippen molar-refractivity contribution in [3.05, 3.63) is 112 Å². The SMILES string of the molecule is O=S(O)CC(=C1CN(C(c2ccccc2)c2ccccc2)C1)c1cccc(Cl)c1. The van der Waals surface area contributed by atoms with Gasteiger partial charge in [-0.05, 0) is 40.0 Å². The van der Waals surface area contributed by atoms with E-state index < -0.39 is 11.1 Å². The van der Waals surface area contributed by atoms with Crippen molar-refractivity contribution in [1.29, 1.82) is 0 Å². The first-order valence-corrected chi connectivity index (χ1v) is 11.2. The summed E-state index contributed by atoms with van der Waals surface area (Å²) in [5.74, 6) is 0.116. The second-order valence-electron chi connectivity index (χ2n) is 7.19. The van der Waals surface area contributed by atoms with Crippen LogP contribution in [-0.4, -0.2) is 32.5 Å². The second kappa shape index (κ2) is 9.06. The minimum Gasteiger partial charge on any atom is -0.306 e. The summed E-state index contributed by atoms with van der Waals surface area (Å²) >= 11 is 4.25. The van der Waals surface area contributed by atoms with Gasteiger partial charge in [-0.15, -0.1) is 0 Å². The molecule has 1 N–H and O–H groups in total. The molecule has 5 heteroatoms. The first-order valence-electron chi connectivity index (χ1n) is 9.50. The van der Waals surface area contributed by atoms with Gasteiger partial charge in [-0.1, -0.05) is 84.4 Å². The van der Waals surface area contributed by atoms with E-state index in [0.29, 0.717) is 5.02 Å². The summed E-state index contributed by atoms with van der Waals surface area (Å²) in [5, 5.41) is 0.631. The van der Waals surface area contributed by atoms with Gasteiger partial charge in [-0.3, -0.25) is 4.90 Å². The Morgan fingerprint density at radius 1 is 0.931 bits per heavy atom. The van der Waals surface area contributed by atoms with Gasteiger partial charge < -0.3 is 4.55 Å². The Morgan fingerprint density at radius 2 is 1.52 bits per heavy atom. The van der Waals surface area contributed by atoms with Crippen LogP contribution < -0.4 is 0 Å². The van der Waals surface area contributed by atoms with Crippen molar-refractivity contribution in [1.82, 2.24) is 4.90 Å². The molecule has 0 radical (unpaired) electrons. The van der Waals surface area contributed by atoms with Crippen molar-refractivity contribution in [2.45, 2.75) is 6.04 Å². The number of rotatable bonds is 6. The molecule has 0 bridgehead atoms. The summed E-state index contributed by atoms with van der Waals surface area (Å²) in [7, 11) is 0. The van der Waals surface area contributed by atoms with E-state index in [4.69, 9.17) is 11.6 Å². The third-order valence-electron chi connectivity index (χ3n) is 5.25. The van der Waals surface area contributed by atoms with Crippen LogP contribution in [0.1, 0.15) is 22.7 Å². The van der Waals surface area contributed by atoms with Crippen molar-refractivity contribution in [3.8, 4) is 0 Å². The van der Waals surface area contributed by atoms with Gasteiger partial charge in [0, 0.05) is 18.1 Å². The van der Waals surface area contributed by atoms with Gasteiger partial charge in [0.1, 0.15) is 0 Å². The van der Waals surface area contributed by atoms with Crippen LogP contribution in [0.5, 0.6) is 0 Å². The number of likely N-dealkylation sites (tertiary alicyclic amines) is 1. The summed E-state index contributed by atoms with van der Waals surface area (Å²) in [6, 6.07) is 28.6. The average Bonchev–Trinajstić information content (AvgIpc) is 2.70. The number of hydrogen-bond donors (Lipinski definition) is 1. The molecule has 1 aliphatic rings. The van der Waals surface area contributed by atoms with Crippen LogP contribution in [0, 0.1) is 0 Å². The van der Waals surface area contributed by atoms with Gasteiger partial charge in [0.05, 0.1) is 11.8 Å². The largest absolute Gasteiger partial charge is 0.306 e. The Bertz CT molecular complexity index is 990. The van der Waals surface area contributed by atoms with Crippen LogP contribution in [-0.2, 0) is 11.1 Å². The van der Waals surface area contributed by atoms with Crippen molar-refractivity contribution >= 4 is 28.3 Å². The molecule has 0 aromatic heterocycles. The fourth-order valence-electron chi connectivity index (χ4n) is 3.89. The van der Waals surface area contributed by atoms with E-state index in [1.807, 2.05) is 36.4 Å². The molecule has 1 unspecified atom stereocenters. The fraction of sp³-hybridized carbons (Fsp3) is 0.167. The number of benzene rings is 3. The molecule has 1 fully saturated rings. The Morgan fingerprint density at radius 3 is 2.03 bits per heavy atom. The van der Waals surface area contributed by atoms with E-state index in [1.54, 1.807) is 0 Å². The van der Waals surface area contributed by atoms with Crippen molar-refractivity contribution in [2.24, 2.45) is 0 Å². The second-order valence-corrected chi connectivity index (χ2v) is 8.56. The lowest BCUT2D eigenvalue weighted by molar-refractivity contribution is 0.202. The monoisotopic (exact) mass is 423 g/mol. The molecule has 29 heavy (non-hydrogen) atoms. The Hall–Kier alpha value is -2.24. The Kier molecular flexibility index (Phi) is 6.26. The minimum absolute atomic E-state index is 0.116. The van der Waals surface area contributed by atoms with Crippen molar-refractivity contribution in [3.63, 3.8) is 0 Å². The zero-order chi connectivity index (χ0) is 20.2. The van der Waals surface area contributed by atoms with E-state index in [9.17, 15) is 8.76 Å². The summed E-state index contributed by atoms with van der Waals surface area (Å²) in [6.07, 6.45) is 0. The Balaban J connectivity index is 1.66. The van der Waals surface area contributed by atoms with Crippen LogP contribution in [0.15, 0.2) is 90.5 Å². The highest BCUT2D eigenvalue weighted by Crippen LogP contribution is 2.37. The molecule has 0 saturated carbocycles. The highest BCUT2D eigenvalue weighted by Gasteiger charge is 2.32. The lowest BCUT2D eigenvalue weighted by Gasteiger charge is -2.42. The molecular formula is C24H22ClNO2S. The van der Waals surface area contributed by atoms with Crippen LogP contribution in [0.25, 0.3) is 5.57 Å². The number of hydrogen-bond acceptors (Lipinski definition) is 2. The molecule has 0 spiro atoms. The fourth-order valence-corrected chi connectivity index (χ4v) is 4.70. The molecule has 1 atom stereocenters. The molecule has 1 heterocycles. The normalized spacial score (nSPS) is 15.2. The van der Waals surface area contributed by atoms with Gasteiger partial charge in [0.15, 0.2) is 11.1 Å². The smallest absolute Gasteiger partial charge is 0.157 e. The van der Waals surface area contributed by atoms with E-state index >= 15 is 0 Å². The van der Waals surface area contributed by atoms with Crippen molar-refractivity contribution < 1.29 is 8.76 Å². The predicted octanol–water partition coefficient (Wildman–Crippen LogP) is 5.42. The molecule has 0 aliphatic carbocycles. The van der Waals surface area contributed by atoms with E-state index in [-0.39, 0.29) is 11.8 Å². The lowest BCUT2D eigenvalue weighted by Crippen LogP contribution is -2.44. The molecule has 148 valence electrons. The van der Waals surface area contributed by atoms with Gasteiger partial charge in [-0.2, -0.15) is 0 Å². The zero-order valence-electron chi connectivity index (χ0n) is 15.9. The first kappa shape index (κ1) is 20.0. The summed E-state index contributed by atoms with van der Waals surface area (Å²) in [5.41, 5.74) is 5.52. The molecule has 3 nitrogen and oxygen atoms in total. The van der Waals surface area contributed by atoms with E-state index in [1.165, 1.54) is 16.7 Å². The highest BCUT2D eigenvalue weighted by atomic mass is 35.5. The molecular weight excluding hydrogens is 402 g/mol. The van der Waals surface area contributed by atoms with Gasteiger partial charge in [-0.25, -0.2) is 4.21 Å². The van der Waals surface area contributed by atoms with E-state index in [0.717, 1.165) is 24.2 Å². The van der Waals surface area contributed by atoms with E-state index in [2.05, 4.69) is 53.4 Å². The third kappa shape index (κ3) is 4.68. The zero-order valence-corrected chi connectivity index (χ0v) is 17.4.